The maximum Gasteiger partial charge on any atom is 0.490 e. The first-order valence-electron chi connectivity index (χ1n) is 10.6. The Balaban J connectivity index is 0.000000540. The molecule has 1 aromatic heterocycles. The number of carboxylic acid groups (broad SMARTS) is 1. The number of amides is 1. The molecule has 0 radical (unpaired) electrons. The fourth-order valence-electron chi connectivity index (χ4n) is 2.95. The molecule has 1 saturated heterocycles. The van der Waals surface area contributed by atoms with Crippen LogP contribution in [0, 0.1) is 5.92 Å². The highest BCUT2D eigenvalue weighted by Crippen LogP contribution is 2.31. The maximum absolute atomic E-state index is 12.8. The summed E-state index contributed by atoms with van der Waals surface area (Å²) in [7, 11) is -3.70. The van der Waals surface area contributed by atoms with E-state index in [0.717, 1.165) is 43.2 Å². The predicted octanol–water partition coefficient (Wildman–Crippen LogP) is 2.98. The van der Waals surface area contributed by atoms with Gasteiger partial charge in [0.25, 0.3) is 15.9 Å². The number of hydrogen-bond acceptors (Lipinski definition) is 7. The van der Waals surface area contributed by atoms with E-state index < -0.39 is 22.2 Å². The molecule has 4 N–H and O–H groups in total. The minimum absolute atomic E-state index is 0.211. The number of thiophene rings is 1. The second kappa shape index (κ2) is 12.2. The van der Waals surface area contributed by atoms with Crippen molar-refractivity contribution in [2.45, 2.75) is 24.2 Å². The number of anilines is 2. The number of carbonyl (C=O) groups is 2. The highest BCUT2D eigenvalue weighted by atomic mass is 32.2. The van der Waals surface area contributed by atoms with Gasteiger partial charge in [-0.3, -0.25) is 9.52 Å². The minimum Gasteiger partial charge on any atom is -0.475 e. The molecule has 1 aliphatic heterocycles. The first kappa shape index (κ1) is 28.4. The Bertz CT molecular complexity index is 1100. The summed E-state index contributed by atoms with van der Waals surface area (Å²) in [4.78, 5) is 23.5. The molecule has 0 spiro atoms. The Morgan fingerprint density at radius 1 is 1.20 bits per heavy atom. The average molecular weight is 537 g/mol. The Morgan fingerprint density at radius 3 is 2.34 bits per heavy atom. The first-order valence-corrected chi connectivity index (χ1v) is 12.9. The molecule has 3 rings (SSSR count). The van der Waals surface area contributed by atoms with Gasteiger partial charge in [0.2, 0.25) is 0 Å². The smallest absolute Gasteiger partial charge is 0.475 e. The van der Waals surface area contributed by atoms with Gasteiger partial charge < -0.3 is 20.6 Å². The van der Waals surface area contributed by atoms with Gasteiger partial charge >= 0.3 is 12.1 Å². The lowest BCUT2D eigenvalue weighted by molar-refractivity contribution is -0.192. The monoisotopic (exact) mass is 536 g/mol. The molecule has 1 amide bonds. The fourth-order valence-corrected chi connectivity index (χ4v) is 5.01. The zero-order valence-electron chi connectivity index (χ0n) is 19.1. The number of rotatable bonds is 7. The number of nitrogens with zero attached hydrogens (tertiary/aromatic N) is 1. The van der Waals surface area contributed by atoms with Crippen LogP contribution in [-0.2, 0) is 14.8 Å². The molecular formula is C21H27F3N4O5S2. The fraction of sp³-hybridized carbons (Fsp3) is 0.429. The van der Waals surface area contributed by atoms with Crippen molar-refractivity contribution in [3.8, 4) is 0 Å². The quantitative estimate of drug-likeness (QED) is 0.428. The van der Waals surface area contributed by atoms with Crippen molar-refractivity contribution < 1.29 is 36.3 Å². The molecule has 0 unspecified atom stereocenters. The second-order valence-corrected chi connectivity index (χ2v) is 10.8. The van der Waals surface area contributed by atoms with Gasteiger partial charge in [-0.15, -0.1) is 11.3 Å². The molecule has 1 aromatic carbocycles. The molecule has 194 valence electrons. The highest BCUT2D eigenvalue weighted by Gasteiger charge is 2.38. The van der Waals surface area contributed by atoms with E-state index in [1.165, 1.54) is 0 Å². The van der Waals surface area contributed by atoms with Gasteiger partial charge in [0.1, 0.15) is 4.21 Å². The molecule has 35 heavy (non-hydrogen) atoms. The molecule has 2 heterocycles. The molecule has 0 saturated carbocycles. The van der Waals surface area contributed by atoms with Crippen LogP contribution in [-0.4, -0.2) is 64.3 Å². The third-order valence-corrected chi connectivity index (χ3v) is 7.40. The summed E-state index contributed by atoms with van der Waals surface area (Å²) in [5.74, 6) is -2.63. The number of sulfonamides is 1. The lowest BCUT2D eigenvalue weighted by Gasteiger charge is -2.31. The molecule has 1 fully saturated rings. The van der Waals surface area contributed by atoms with Gasteiger partial charge in [-0.05, 0) is 35.6 Å². The van der Waals surface area contributed by atoms with Crippen molar-refractivity contribution >= 4 is 44.6 Å². The van der Waals surface area contributed by atoms with Crippen LogP contribution in [0.3, 0.4) is 0 Å². The zero-order chi connectivity index (χ0) is 26.2. The lowest BCUT2D eigenvalue weighted by Crippen LogP contribution is -2.43. The Kier molecular flexibility index (Phi) is 9.92. The maximum atomic E-state index is 12.8. The second-order valence-electron chi connectivity index (χ2n) is 7.91. The van der Waals surface area contributed by atoms with Crippen LogP contribution in [0.5, 0.6) is 0 Å². The topological polar surface area (TPSA) is 128 Å². The summed E-state index contributed by atoms with van der Waals surface area (Å²) in [6, 6.07) is 8.46. The number of alkyl halides is 3. The van der Waals surface area contributed by atoms with Gasteiger partial charge in [-0.2, -0.15) is 13.2 Å². The van der Waals surface area contributed by atoms with Crippen molar-refractivity contribution in [1.82, 2.24) is 10.6 Å². The number of nitrogens with one attached hydrogen (secondary N) is 3. The molecular weight excluding hydrogens is 509 g/mol. The van der Waals surface area contributed by atoms with Gasteiger partial charge in [0, 0.05) is 38.3 Å². The van der Waals surface area contributed by atoms with E-state index in [0.29, 0.717) is 23.7 Å². The number of aliphatic carboxylic acids is 1. The van der Waals surface area contributed by atoms with E-state index >= 15 is 0 Å². The summed E-state index contributed by atoms with van der Waals surface area (Å²) < 4.78 is 60.2. The number of benzene rings is 1. The predicted molar refractivity (Wildman–Crippen MR) is 128 cm³/mol. The molecule has 2 aromatic rings. The van der Waals surface area contributed by atoms with Crippen molar-refractivity contribution in [3.05, 3.63) is 41.3 Å². The van der Waals surface area contributed by atoms with E-state index in [4.69, 9.17) is 9.90 Å². The van der Waals surface area contributed by atoms with E-state index in [1.807, 2.05) is 19.9 Å². The zero-order valence-corrected chi connectivity index (χ0v) is 20.7. The Labute approximate surface area is 205 Å². The van der Waals surface area contributed by atoms with Gasteiger partial charge in [0.05, 0.1) is 11.4 Å². The normalized spacial score (nSPS) is 14.2. The van der Waals surface area contributed by atoms with Gasteiger partial charge in [-0.25, -0.2) is 13.2 Å². The van der Waals surface area contributed by atoms with Gasteiger partial charge in [0.15, 0.2) is 0 Å². The minimum atomic E-state index is -5.08. The van der Waals surface area contributed by atoms with Gasteiger partial charge in [-0.1, -0.05) is 19.9 Å². The standard InChI is InChI=1S/C19H26N4O3S2.C2HF3O2/c1-14(2)13-21-19(24)15-5-6-17(23-9-7-20-8-10-23)16(12-15)22-28(25,26)18-4-3-11-27-18;3-2(4,5)1(6)7/h3-6,11-12,14,20,22H,7-10,13H2,1-2H3,(H,21,24);(H,6,7). The molecule has 9 nitrogen and oxygen atoms in total. The third kappa shape index (κ3) is 8.71. The van der Waals surface area contributed by atoms with Crippen molar-refractivity contribution in [2.24, 2.45) is 5.92 Å². The first-order chi connectivity index (χ1) is 16.3. The van der Waals surface area contributed by atoms with Crippen LogP contribution in [0.2, 0.25) is 0 Å². The molecule has 14 heteroatoms. The third-order valence-electron chi connectivity index (χ3n) is 4.63. The van der Waals surface area contributed by atoms with Crippen LogP contribution < -0.4 is 20.3 Å². The summed E-state index contributed by atoms with van der Waals surface area (Å²) in [5.41, 5.74) is 1.64. The van der Waals surface area contributed by atoms with Crippen LogP contribution in [0.15, 0.2) is 39.9 Å². The van der Waals surface area contributed by atoms with Crippen molar-refractivity contribution in [3.63, 3.8) is 0 Å². The average Bonchev–Trinajstić information content (AvgIpc) is 3.34. The number of halogens is 3. The number of carboxylic acids is 1. The number of carbonyl (C=O) groups excluding carboxylic acids is 1. The number of piperazine rings is 1. The largest absolute Gasteiger partial charge is 0.490 e. The van der Waals surface area contributed by atoms with Crippen LogP contribution >= 0.6 is 11.3 Å². The summed E-state index contributed by atoms with van der Waals surface area (Å²) in [5, 5.41) is 15.0. The SMILES string of the molecule is CC(C)CNC(=O)c1ccc(N2CCNCC2)c(NS(=O)(=O)c2cccs2)c1.O=C(O)C(F)(F)F. The molecule has 0 atom stereocenters. The molecule has 1 aliphatic rings. The van der Waals surface area contributed by atoms with E-state index in [-0.39, 0.29) is 10.1 Å². The highest BCUT2D eigenvalue weighted by molar-refractivity contribution is 7.94. The molecule has 0 bridgehead atoms. The summed E-state index contributed by atoms with van der Waals surface area (Å²) in [6.45, 7) is 7.80. The van der Waals surface area contributed by atoms with Crippen LogP contribution in [0.25, 0.3) is 0 Å². The summed E-state index contributed by atoms with van der Waals surface area (Å²) in [6.07, 6.45) is -5.08. The van der Waals surface area contributed by atoms with E-state index in [2.05, 4.69) is 20.3 Å². The molecule has 0 aliphatic carbocycles. The number of hydrogen-bond donors (Lipinski definition) is 4. The van der Waals surface area contributed by atoms with Crippen molar-refractivity contribution in [2.75, 3.05) is 42.3 Å². The lowest BCUT2D eigenvalue weighted by atomic mass is 10.1. The Morgan fingerprint density at radius 2 is 1.83 bits per heavy atom. The van der Waals surface area contributed by atoms with E-state index in [9.17, 15) is 26.4 Å². The Hall–Kier alpha value is -2.84. The van der Waals surface area contributed by atoms with Crippen LogP contribution in [0.1, 0.15) is 24.2 Å². The van der Waals surface area contributed by atoms with E-state index in [1.54, 1.807) is 29.6 Å². The van der Waals surface area contributed by atoms with Crippen molar-refractivity contribution in [1.29, 1.82) is 0 Å². The summed E-state index contributed by atoms with van der Waals surface area (Å²) >= 11 is 1.16. The van der Waals surface area contributed by atoms with Crippen LogP contribution in [0.4, 0.5) is 24.5 Å².